The number of piperazine rings is 1. The van der Waals surface area contributed by atoms with E-state index in [0.29, 0.717) is 44.4 Å². The lowest BCUT2D eigenvalue weighted by molar-refractivity contribution is -0.150. The molecule has 2 amide bonds. The van der Waals surface area contributed by atoms with Gasteiger partial charge in [0.15, 0.2) is 0 Å². The van der Waals surface area contributed by atoms with Gasteiger partial charge in [-0.2, -0.15) is 0 Å². The number of carboxylic acids is 1. The lowest BCUT2D eigenvalue weighted by Gasteiger charge is -2.42. The van der Waals surface area contributed by atoms with Crippen LogP contribution in [0.5, 0.6) is 0 Å². The second-order valence-electron chi connectivity index (χ2n) is 9.18. The van der Waals surface area contributed by atoms with E-state index in [0.717, 1.165) is 19.3 Å². The summed E-state index contributed by atoms with van der Waals surface area (Å²) in [5, 5.41) is 12.3. The number of nitrogens with zero attached hydrogens (tertiary/aromatic N) is 2. The number of carboxylic acid groups (broad SMARTS) is 1. The number of amides is 2. The molecule has 7 heteroatoms. The highest BCUT2D eigenvalue weighted by molar-refractivity contribution is 5.90. The Kier molecular flexibility index (Phi) is 8.28. The Hall–Kier alpha value is -1.63. The fraction of sp³-hybridized carbons (Fsp3) is 0.857. The average molecular weight is 396 g/mol. The molecule has 160 valence electrons. The van der Waals surface area contributed by atoms with Gasteiger partial charge in [-0.1, -0.05) is 27.7 Å². The average Bonchev–Trinajstić information content (AvgIpc) is 2.61. The van der Waals surface area contributed by atoms with Crippen LogP contribution < -0.4 is 5.32 Å². The Balaban J connectivity index is 2.07. The highest BCUT2D eigenvalue weighted by atomic mass is 16.4. The van der Waals surface area contributed by atoms with Crippen LogP contribution in [0.15, 0.2) is 0 Å². The molecule has 2 rings (SSSR count). The Morgan fingerprint density at radius 1 is 1.11 bits per heavy atom. The Labute approximate surface area is 168 Å². The smallest absolute Gasteiger partial charge is 0.303 e. The number of carbonyl (C=O) groups is 3. The quantitative estimate of drug-likeness (QED) is 0.656. The van der Waals surface area contributed by atoms with Crippen LogP contribution in [0.3, 0.4) is 0 Å². The van der Waals surface area contributed by atoms with Crippen molar-refractivity contribution < 1.29 is 19.5 Å². The van der Waals surface area contributed by atoms with Crippen LogP contribution in [0.1, 0.15) is 59.8 Å². The van der Waals surface area contributed by atoms with E-state index in [9.17, 15) is 14.4 Å². The van der Waals surface area contributed by atoms with E-state index in [-0.39, 0.29) is 30.2 Å². The molecule has 2 atom stereocenters. The first-order valence-corrected chi connectivity index (χ1v) is 10.7. The topological polar surface area (TPSA) is 90.0 Å². The van der Waals surface area contributed by atoms with Crippen molar-refractivity contribution in [1.29, 1.82) is 0 Å². The van der Waals surface area contributed by atoms with Gasteiger partial charge in [0.05, 0.1) is 6.04 Å². The minimum atomic E-state index is -0.773. The second kappa shape index (κ2) is 10.2. The van der Waals surface area contributed by atoms with Crippen molar-refractivity contribution in [3.05, 3.63) is 0 Å². The number of carbonyl (C=O) groups excluding carboxylic acids is 2. The predicted octanol–water partition coefficient (Wildman–Crippen LogP) is 1.96. The summed E-state index contributed by atoms with van der Waals surface area (Å²) < 4.78 is 0. The van der Waals surface area contributed by atoms with Gasteiger partial charge in [0.2, 0.25) is 11.8 Å². The van der Waals surface area contributed by atoms with Gasteiger partial charge in [0, 0.05) is 32.6 Å². The fourth-order valence-corrected chi connectivity index (χ4v) is 4.34. The molecule has 2 aliphatic heterocycles. The summed E-state index contributed by atoms with van der Waals surface area (Å²) in [6, 6.07) is -0.627. The minimum Gasteiger partial charge on any atom is -0.481 e. The number of hydrogen-bond acceptors (Lipinski definition) is 4. The van der Waals surface area contributed by atoms with Crippen molar-refractivity contribution in [3.63, 3.8) is 0 Å². The number of aliphatic carboxylic acids is 1. The summed E-state index contributed by atoms with van der Waals surface area (Å²) in [5.74, 6) is 0.158. The molecule has 2 saturated heterocycles. The number of piperidine rings is 1. The number of hydrogen-bond donors (Lipinski definition) is 2. The molecule has 0 saturated carbocycles. The van der Waals surface area contributed by atoms with E-state index < -0.39 is 12.0 Å². The standard InChI is InChI=1S/C21H37N3O4/c1-14(2)11-17-20(27)24(10-7-22-17)18(12-15(3)4)21(28)23-8-5-16(6-9-23)13-19(25)26/h14-18,22H,5-13H2,1-4H3,(H,25,26). The maximum Gasteiger partial charge on any atom is 0.303 e. The van der Waals surface area contributed by atoms with Gasteiger partial charge in [-0.3, -0.25) is 14.4 Å². The first-order chi connectivity index (χ1) is 13.2. The zero-order chi connectivity index (χ0) is 20.8. The van der Waals surface area contributed by atoms with Crippen molar-refractivity contribution in [2.75, 3.05) is 26.2 Å². The van der Waals surface area contributed by atoms with Crippen LogP contribution in [0, 0.1) is 17.8 Å². The monoisotopic (exact) mass is 395 g/mol. The van der Waals surface area contributed by atoms with Crippen molar-refractivity contribution in [1.82, 2.24) is 15.1 Å². The predicted molar refractivity (Wildman–Crippen MR) is 108 cm³/mol. The second-order valence-corrected chi connectivity index (χ2v) is 9.18. The van der Waals surface area contributed by atoms with Crippen LogP contribution in [-0.4, -0.2) is 71.0 Å². The van der Waals surface area contributed by atoms with E-state index in [4.69, 9.17) is 5.11 Å². The maximum atomic E-state index is 13.3. The van der Waals surface area contributed by atoms with Gasteiger partial charge in [-0.05, 0) is 43.4 Å². The molecule has 2 aliphatic rings. The molecule has 0 spiro atoms. The largest absolute Gasteiger partial charge is 0.481 e. The molecule has 0 aromatic heterocycles. The Morgan fingerprint density at radius 2 is 1.75 bits per heavy atom. The summed E-state index contributed by atoms with van der Waals surface area (Å²) in [6.45, 7) is 10.8. The van der Waals surface area contributed by atoms with Gasteiger partial charge >= 0.3 is 5.97 Å². The number of nitrogens with one attached hydrogen (secondary N) is 1. The number of rotatable bonds is 8. The minimum absolute atomic E-state index is 0.0287. The summed E-state index contributed by atoms with van der Waals surface area (Å²) in [4.78, 5) is 41.0. The molecule has 0 radical (unpaired) electrons. The third kappa shape index (κ3) is 6.19. The highest BCUT2D eigenvalue weighted by Gasteiger charge is 2.39. The lowest BCUT2D eigenvalue weighted by atomic mass is 9.92. The molecule has 0 aromatic rings. The van der Waals surface area contributed by atoms with Crippen LogP contribution in [0.4, 0.5) is 0 Å². The van der Waals surface area contributed by atoms with Gasteiger partial charge in [-0.25, -0.2) is 0 Å². The summed E-state index contributed by atoms with van der Waals surface area (Å²) in [6.07, 6.45) is 3.05. The van der Waals surface area contributed by atoms with Gasteiger partial charge < -0.3 is 20.2 Å². The first-order valence-electron chi connectivity index (χ1n) is 10.7. The Morgan fingerprint density at radius 3 is 2.29 bits per heavy atom. The molecular formula is C21H37N3O4. The van der Waals surface area contributed by atoms with Crippen molar-refractivity contribution in [2.45, 2.75) is 71.9 Å². The van der Waals surface area contributed by atoms with Crippen LogP contribution >= 0.6 is 0 Å². The maximum absolute atomic E-state index is 13.3. The Bertz CT molecular complexity index is 556. The molecule has 2 heterocycles. The van der Waals surface area contributed by atoms with Gasteiger partial charge in [0.1, 0.15) is 6.04 Å². The summed E-state index contributed by atoms with van der Waals surface area (Å²) in [5.41, 5.74) is 0. The zero-order valence-electron chi connectivity index (χ0n) is 17.8. The molecule has 2 N–H and O–H groups in total. The first kappa shape index (κ1) is 22.7. The SMILES string of the molecule is CC(C)CC1NCCN(C(CC(C)C)C(=O)N2CCC(CC(=O)O)CC2)C1=O. The molecule has 28 heavy (non-hydrogen) atoms. The lowest BCUT2D eigenvalue weighted by Crippen LogP contribution is -2.62. The van der Waals surface area contributed by atoms with E-state index >= 15 is 0 Å². The van der Waals surface area contributed by atoms with Crippen LogP contribution in [0.2, 0.25) is 0 Å². The van der Waals surface area contributed by atoms with E-state index in [1.807, 2.05) is 4.90 Å². The zero-order valence-corrected chi connectivity index (χ0v) is 17.8. The van der Waals surface area contributed by atoms with Gasteiger partial charge in [0.25, 0.3) is 0 Å². The van der Waals surface area contributed by atoms with Crippen LogP contribution in [0.25, 0.3) is 0 Å². The molecule has 0 bridgehead atoms. The molecule has 2 fully saturated rings. The third-order valence-electron chi connectivity index (χ3n) is 5.78. The van der Waals surface area contributed by atoms with Gasteiger partial charge in [-0.15, -0.1) is 0 Å². The molecule has 7 nitrogen and oxygen atoms in total. The number of likely N-dealkylation sites (tertiary alicyclic amines) is 1. The molecule has 0 aromatic carbocycles. The van der Waals surface area contributed by atoms with E-state index in [2.05, 4.69) is 33.0 Å². The van der Waals surface area contributed by atoms with Crippen molar-refractivity contribution in [2.24, 2.45) is 17.8 Å². The fourth-order valence-electron chi connectivity index (χ4n) is 4.34. The normalized spacial score (nSPS) is 22.8. The summed E-state index contributed by atoms with van der Waals surface area (Å²) >= 11 is 0. The highest BCUT2D eigenvalue weighted by Crippen LogP contribution is 2.24. The van der Waals surface area contributed by atoms with Crippen molar-refractivity contribution in [3.8, 4) is 0 Å². The van der Waals surface area contributed by atoms with E-state index in [1.54, 1.807) is 4.90 Å². The molecule has 2 unspecified atom stereocenters. The van der Waals surface area contributed by atoms with E-state index in [1.165, 1.54) is 0 Å². The third-order valence-corrected chi connectivity index (χ3v) is 5.78. The summed E-state index contributed by atoms with van der Waals surface area (Å²) in [7, 11) is 0. The van der Waals surface area contributed by atoms with Crippen molar-refractivity contribution >= 4 is 17.8 Å². The molecular weight excluding hydrogens is 358 g/mol. The molecule has 0 aliphatic carbocycles. The van der Waals surface area contributed by atoms with Crippen LogP contribution in [-0.2, 0) is 14.4 Å².